The Morgan fingerprint density at radius 1 is 0.533 bits per heavy atom. The number of aromatic nitrogens is 2. The fourth-order valence-corrected chi connectivity index (χ4v) is 6.62. The van der Waals surface area contributed by atoms with Gasteiger partial charge in [-0.15, -0.1) is 0 Å². The number of fused-ring (bicyclic) bond motifs is 6. The van der Waals surface area contributed by atoms with Gasteiger partial charge < -0.3 is 13.9 Å². The number of hydrogen-bond acceptors (Lipinski definition) is 3. The minimum absolute atomic E-state index is 0.607. The molecule has 0 spiro atoms. The molecule has 7 aromatic carbocycles. The highest BCUT2D eigenvalue weighted by Crippen LogP contribution is 2.47. The first-order valence-corrected chi connectivity index (χ1v) is 15.2. The third-order valence-electron chi connectivity index (χ3n) is 8.57. The molecule has 45 heavy (non-hydrogen) atoms. The van der Waals surface area contributed by atoms with E-state index >= 15 is 0 Å². The largest absolute Gasteiger partial charge is 0.435 e. The fraction of sp³-hybridized carbons (Fsp3) is 0. The Kier molecular flexibility index (Phi) is 5.78. The summed E-state index contributed by atoms with van der Waals surface area (Å²) in [6.07, 6.45) is 0. The average Bonchev–Trinajstić information content (AvgIpc) is 3.71. The van der Waals surface area contributed by atoms with Crippen molar-refractivity contribution in [2.24, 2.45) is 0 Å². The molecule has 0 unspecified atom stereocenters. The second-order valence-corrected chi connectivity index (χ2v) is 11.2. The lowest BCUT2D eigenvalue weighted by molar-refractivity contribution is 0.623. The zero-order valence-corrected chi connectivity index (χ0v) is 24.3. The molecule has 9 aromatic rings. The molecular weight excluding hydrogens is 550 g/mol. The molecule has 0 atom stereocenters. The summed E-state index contributed by atoms with van der Waals surface area (Å²) < 4.78 is 8.97. The van der Waals surface area contributed by atoms with Crippen LogP contribution < -0.4 is 4.90 Å². The van der Waals surface area contributed by atoms with Crippen molar-refractivity contribution < 1.29 is 4.42 Å². The Bertz CT molecular complexity index is 2480. The van der Waals surface area contributed by atoms with Crippen LogP contribution in [0.2, 0.25) is 0 Å². The maximum absolute atomic E-state index is 6.61. The molecule has 0 N–H and O–H groups in total. The van der Waals surface area contributed by atoms with Crippen LogP contribution in [0.15, 0.2) is 168 Å². The van der Waals surface area contributed by atoms with Crippen LogP contribution in [0.1, 0.15) is 0 Å². The van der Waals surface area contributed by atoms with Gasteiger partial charge in [0.05, 0.1) is 22.4 Å². The van der Waals surface area contributed by atoms with Crippen LogP contribution in [0, 0.1) is 0 Å². The van der Waals surface area contributed by atoms with Gasteiger partial charge in [-0.1, -0.05) is 103 Å². The van der Waals surface area contributed by atoms with Crippen molar-refractivity contribution in [3.63, 3.8) is 0 Å². The van der Waals surface area contributed by atoms with Crippen LogP contribution in [0.5, 0.6) is 0 Å². The lowest BCUT2D eigenvalue weighted by Crippen LogP contribution is -2.11. The van der Waals surface area contributed by atoms with Gasteiger partial charge in [0, 0.05) is 33.1 Å². The SMILES string of the molecule is c1ccc(-c2nc3c(N(c4ccccc4)c4cccc5c4c4ccccc4n5-c4ccccc4)cc4ccccc4c3o2)cc1. The predicted octanol–water partition coefficient (Wildman–Crippen LogP) is 11.2. The number of anilines is 3. The number of hydrogen-bond donors (Lipinski definition) is 0. The van der Waals surface area contributed by atoms with Crippen LogP contribution in [-0.2, 0) is 0 Å². The Morgan fingerprint density at radius 3 is 1.98 bits per heavy atom. The van der Waals surface area contributed by atoms with Crippen LogP contribution in [-0.4, -0.2) is 9.55 Å². The van der Waals surface area contributed by atoms with Crippen LogP contribution in [0.3, 0.4) is 0 Å². The van der Waals surface area contributed by atoms with Crippen molar-refractivity contribution in [3.8, 4) is 17.1 Å². The van der Waals surface area contributed by atoms with Crippen molar-refractivity contribution in [3.05, 3.63) is 164 Å². The van der Waals surface area contributed by atoms with E-state index in [9.17, 15) is 0 Å². The van der Waals surface area contributed by atoms with E-state index in [1.54, 1.807) is 0 Å². The Labute approximate surface area is 260 Å². The van der Waals surface area contributed by atoms with Gasteiger partial charge in [0.2, 0.25) is 5.89 Å². The first-order chi connectivity index (χ1) is 22.3. The summed E-state index contributed by atoms with van der Waals surface area (Å²) in [6.45, 7) is 0. The summed E-state index contributed by atoms with van der Waals surface area (Å²) in [5.74, 6) is 0.607. The molecule has 4 heteroatoms. The minimum Gasteiger partial charge on any atom is -0.435 e. The zero-order chi connectivity index (χ0) is 29.7. The van der Waals surface area contributed by atoms with E-state index in [-0.39, 0.29) is 0 Å². The molecule has 2 heterocycles. The molecule has 0 fully saturated rings. The van der Waals surface area contributed by atoms with E-state index in [0.29, 0.717) is 5.89 Å². The maximum Gasteiger partial charge on any atom is 0.227 e. The molecule has 0 aliphatic heterocycles. The molecule has 2 aromatic heterocycles. The van der Waals surface area contributed by atoms with Crippen molar-refractivity contribution in [1.82, 2.24) is 9.55 Å². The Balaban J connectivity index is 1.40. The lowest BCUT2D eigenvalue weighted by atomic mass is 10.0. The second-order valence-electron chi connectivity index (χ2n) is 11.2. The van der Waals surface area contributed by atoms with Gasteiger partial charge in [-0.2, -0.15) is 0 Å². The standard InChI is InChI=1S/C41H27N3O/c1-4-15-28(16-5-1)41-42-39-37(27-29-17-10-11-22-32(29)40(39)45-41)44(31-20-8-3-9-21-31)36-26-14-25-35-38(36)33-23-12-13-24-34(33)43(35)30-18-6-2-7-19-30/h1-27H. The van der Waals surface area contributed by atoms with Crippen molar-refractivity contribution in [2.45, 2.75) is 0 Å². The molecule has 0 aliphatic carbocycles. The summed E-state index contributed by atoms with van der Waals surface area (Å²) in [7, 11) is 0. The quantitative estimate of drug-likeness (QED) is 0.204. The molecule has 0 aliphatic rings. The normalized spacial score (nSPS) is 11.6. The van der Waals surface area contributed by atoms with Crippen LogP contribution in [0.25, 0.3) is 60.8 Å². The maximum atomic E-state index is 6.61. The van der Waals surface area contributed by atoms with E-state index in [2.05, 4.69) is 143 Å². The topological polar surface area (TPSA) is 34.2 Å². The fourth-order valence-electron chi connectivity index (χ4n) is 6.62. The predicted molar refractivity (Wildman–Crippen MR) is 186 cm³/mol. The number of nitrogens with zero attached hydrogens (tertiary/aromatic N) is 3. The van der Waals surface area contributed by atoms with Crippen LogP contribution in [0.4, 0.5) is 17.1 Å². The molecule has 0 saturated heterocycles. The molecule has 0 bridgehead atoms. The summed E-state index contributed by atoms with van der Waals surface area (Å²) in [5.41, 5.74) is 9.06. The van der Waals surface area contributed by atoms with E-state index in [4.69, 9.17) is 9.40 Å². The van der Waals surface area contributed by atoms with Gasteiger partial charge in [-0.05, 0) is 66.0 Å². The number of para-hydroxylation sites is 3. The van der Waals surface area contributed by atoms with Gasteiger partial charge in [0.1, 0.15) is 5.52 Å². The lowest BCUT2D eigenvalue weighted by Gasteiger charge is -2.27. The molecule has 212 valence electrons. The van der Waals surface area contributed by atoms with Gasteiger partial charge >= 0.3 is 0 Å². The van der Waals surface area contributed by atoms with Gasteiger partial charge in [-0.3, -0.25) is 0 Å². The van der Waals surface area contributed by atoms with Crippen LogP contribution >= 0.6 is 0 Å². The summed E-state index contributed by atoms with van der Waals surface area (Å²) in [5, 5.41) is 4.50. The monoisotopic (exact) mass is 577 g/mol. The van der Waals surface area contributed by atoms with E-state index < -0.39 is 0 Å². The molecule has 4 nitrogen and oxygen atoms in total. The average molecular weight is 578 g/mol. The first kappa shape index (κ1) is 25.4. The molecular formula is C41H27N3O. The smallest absolute Gasteiger partial charge is 0.227 e. The van der Waals surface area contributed by atoms with Crippen molar-refractivity contribution >= 4 is 60.7 Å². The highest BCUT2D eigenvalue weighted by atomic mass is 16.3. The van der Waals surface area contributed by atoms with Crippen molar-refractivity contribution in [2.75, 3.05) is 4.90 Å². The summed E-state index contributed by atoms with van der Waals surface area (Å²) >= 11 is 0. The summed E-state index contributed by atoms with van der Waals surface area (Å²) in [4.78, 5) is 7.53. The molecule has 9 rings (SSSR count). The highest BCUT2D eigenvalue weighted by Gasteiger charge is 2.25. The second kappa shape index (κ2) is 10.2. The van der Waals surface area contributed by atoms with E-state index in [1.165, 1.54) is 10.8 Å². The third kappa shape index (κ3) is 4.04. The van der Waals surface area contributed by atoms with Gasteiger partial charge in [0.25, 0.3) is 0 Å². The number of benzene rings is 7. The number of oxazole rings is 1. The molecule has 0 radical (unpaired) electrons. The first-order valence-electron chi connectivity index (χ1n) is 15.2. The molecule has 0 saturated carbocycles. The van der Waals surface area contributed by atoms with E-state index in [0.717, 1.165) is 61.2 Å². The zero-order valence-electron chi connectivity index (χ0n) is 24.3. The van der Waals surface area contributed by atoms with Gasteiger partial charge in [0.15, 0.2) is 5.58 Å². The highest BCUT2D eigenvalue weighted by molar-refractivity contribution is 6.18. The minimum atomic E-state index is 0.607. The van der Waals surface area contributed by atoms with Crippen molar-refractivity contribution in [1.29, 1.82) is 0 Å². The van der Waals surface area contributed by atoms with E-state index in [1.807, 2.05) is 30.3 Å². The third-order valence-corrected chi connectivity index (χ3v) is 8.57. The Morgan fingerprint density at radius 2 is 1.18 bits per heavy atom. The van der Waals surface area contributed by atoms with Gasteiger partial charge in [-0.25, -0.2) is 4.98 Å². The Hall–Kier alpha value is -6.13. The summed E-state index contributed by atoms with van der Waals surface area (Å²) in [6, 6.07) is 57.2. The number of rotatable bonds is 5. The molecule has 0 amide bonds.